The summed E-state index contributed by atoms with van der Waals surface area (Å²) in [6, 6.07) is 20.7. The van der Waals surface area contributed by atoms with Gasteiger partial charge >= 0.3 is 5.97 Å². The van der Waals surface area contributed by atoms with Crippen LogP contribution in [0.25, 0.3) is 11.1 Å². The minimum Gasteiger partial charge on any atom is -0.469 e. The summed E-state index contributed by atoms with van der Waals surface area (Å²) in [6.45, 7) is 4.67. The molecule has 0 unspecified atom stereocenters. The van der Waals surface area contributed by atoms with Crippen molar-refractivity contribution in [1.82, 2.24) is 9.21 Å². The maximum absolute atomic E-state index is 13.1. The van der Waals surface area contributed by atoms with Gasteiger partial charge in [-0.05, 0) is 53.4 Å². The molecule has 0 aliphatic carbocycles. The van der Waals surface area contributed by atoms with E-state index in [1.165, 1.54) is 7.11 Å². The van der Waals surface area contributed by atoms with E-state index in [0.717, 1.165) is 27.8 Å². The second-order valence-electron chi connectivity index (χ2n) is 8.74. The van der Waals surface area contributed by atoms with Gasteiger partial charge in [0, 0.05) is 37.7 Å². The number of ether oxygens (including phenoxy) is 1. The van der Waals surface area contributed by atoms with Gasteiger partial charge < -0.3 is 4.74 Å². The minimum atomic E-state index is -3.51. The van der Waals surface area contributed by atoms with E-state index in [1.807, 2.05) is 61.5 Å². The van der Waals surface area contributed by atoms with Crippen LogP contribution in [0.1, 0.15) is 16.7 Å². The Morgan fingerprint density at radius 3 is 2.23 bits per heavy atom. The molecule has 1 aliphatic heterocycles. The average molecular weight is 513 g/mol. The predicted octanol–water partition coefficient (Wildman–Crippen LogP) is 4.54. The number of carbonyl (C=O) groups excluding carboxylic acids is 1. The lowest BCUT2D eigenvalue weighted by Crippen LogP contribution is -2.48. The molecule has 1 aliphatic rings. The number of esters is 1. The Kier molecular flexibility index (Phi) is 7.91. The lowest BCUT2D eigenvalue weighted by Gasteiger charge is -2.34. The van der Waals surface area contributed by atoms with Crippen LogP contribution in [-0.4, -0.2) is 56.9 Å². The molecule has 0 atom stereocenters. The van der Waals surface area contributed by atoms with Gasteiger partial charge in [-0.1, -0.05) is 59.6 Å². The third-order valence-electron chi connectivity index (χ3n) is 6.28. The van der Waals surface area contributed by atoms with E-state index in [0.29, 0.717) is 42.6 Å². The van der Waals surface area contributed by atoms with Crippen molar-refractivity contribution in [2.75, 3.05) is 33.3 Å². The average Bonchev–Trinajstić information content (AvgIpc) is 2.85. The third kappa shape index (κ3) is 6.11. The second-order valence-corrected chi connectivity index (χ2v) is 11.1. The number of piperazine rings is 1. The Morgan fingerprint density at radius 2 is 1.60 bits per heavy atom. The van der Waals surface area contributed by atoms with E-state index in [9.17, 15) is 13.2 Å². The SMILES string of the molecule is COC(=O)Cc1ccc(-c2ccc(Cl)cc2)c(CN2CCN(S(=O)(=O)c3ccc(C)cc3)CC2)c1. The number of hydrogen-bond donors (Lipinski definition) is 0. The van der Waals surface area contributed by atoms with Crippen molar-refractivity contribution in [2.45, 2.75) is 24.8 Å². The predicted molar refractivity (Wildman–Crippen MR) is 138 cm³/mol. The molecular formula is C27H29ClN2O4S. The first-order valence-corrected chi connectivity index (χ1v) is 13.3. The van der Waals surface area contributed by atoms with Crippen LogP contribution in [0.3, 0.4) is 0 Å². The van der Waals surface area contributed by atoms with Crippen LogP contribution >= 0.6 is 11.6 Å². The lowest BCUT2D eigenvalue weighted by molar-refractivity contribution is -0.139. The van der Waals surface area contributed by atoms with E-state index in [1.54, 1.807) is 16.4 Å². The van der Waals surface area contributed by atoms with E-state index < -0.39 is 10.0 Å². The largest absolute Gasteiger partial charge is 0.469 e. The standard InChI is InChI=1S/C27H29ClN2O4S/c1-20-3-10-25(11-4-20)35(32,33)30-15-13-29(14-16-30)19-23-17-21(18-27(31)34-2)5-12-26(23)22-6-8-24(28)9-7-22/h3-12,17H,13-16,18-19H2,1-2H3. The quantitative estimate of drug-likeness (QED) is 0.435. The fourth-order valence-electron chi connectivity index (χ4n) is 4.27. The Morgan fingerprint density at radius 1 is 0.943 bits per heavy atom. The van der Waals surface area contributed by atoms with Crippen molar-refractivity contribution in [3.63, 3.8) is 0 Å². The zero-order valence-corrected chi connectivity index (χ0v) is 21.5. The van der Waals surface area contributed by atoms with Crippen LogP contribution < -0.4 is 0 Å². The summed E-state index contributed by atoms with van der Waals surface area (Å²) in [4.78, 5) is 14.4. The first kappa shape index (κ1) is 25.4. The first-order chi connectivity index (χ1) is 16.8. The fraction of sp³-hybridized carbons (Fsp3) is 0.296. The molecule has 0 radical (unpaired) electrons. The molecule has 0 spiro atoms. The molecule has 1 saturated heterocycles. The fourth-order valence-corrected chi connectivity index (χ4v) is 5.81. The van der Waals surface area contributed by atoms with Gasteiger partial charge in [0.1, 0.15) is 0 Å². The van der Waals surface area contributed by atoms with Crippen LogP contribution in [-0.2, 0) is 32.5 Å². The van der Waals surface area contributed by atoms with E-state index in [-0.39, 0.29) is 12.4 Å². The molecule has 1 fully saturated rings. The molecular weight excluding hydrogens is 484 g/mol. The van der Waals surface area contributed by atoms with Gasteiger partial charge in [0.2, 0.25) is 10.0 Å². The molecule has 8 heteroatoms. The van der Waals surface area contributed by atoms with Crippen LogP contribution in [0, 0.1) is 6.92 Å². The number of benzene rings is 3. The van der Waals surface area contributed by atoms with Gasteiger partial charge in [0.15, 0.2) is 0 Å². The number of hydrogen-bond acceptors (Lipinski definition) is 5. The lowest BCUT2D eigenvalue weighted by atomic mass is 9.96. The number of nitrogens with zero attached hydrogens (tertiary/aromatic N) is 2. The van der Waals surface area contributed by atoms with E-state index >= 15 is 0 Å². The smallest absolute Gasteiger partial charge is 0.309 e. The van der Waals surface area contributed by atoms with Gasteiger partial charge in [-0.25, -0.2) is 8.42 Å². The first-order valence-electron chi connectivity index (χ1n) is 11.5. The Bertz CT molecular complexity index is 1280. The highest BCUT2D eigenvalue weighted by molar-refractivity contribution is 7.89. The highest BCUT2D eigenvalue weighted by Gasteiger charge is 2.28. The Balaban J connectivity index is 1.52. The van der Waals surface area contributed by atoms with Crippen molar-refractivity contribution in [3.05, 3.63) is 88.4 Å². The van der Waals surface area contributed by atoms with Crippen LogP contribution in [0.2, 0.25) is 5.02 Å². The summed E-state index contributed by atoms with van der Waals surface area (Å²) >= 11 is 6.08. The molecule has 0 N–H and O–H groups in total. The summed E-state index contributed by atoms with van der Waals surface area (Å²) < 4.78 is 32.5. The van der Waals surface area contributed by atoms with Crippen LogP contribution in [0.4, 0.5) is 0 Å². The molecule has 0 saturated carbocycles. The van der Waals surface area contributed by atoms with Gasteiger partial charge in [0.25, 0.3) is 0 Å². The summed E-state index contributed by atoms with van der Waals surface area (Å²) in [5.74, 6) is -0.287. The van der Waals surface area contributed by atoms with Crippen LogP contribution in [0.5, 0.6) is 0 Å². The molecule has 0 amide bonds. The number of halogens is 1. The normalized spacial score (nSPS) is 15.2. The Labute approximate surface area is 212 Å². The number of sulfonamides is 1. The molecule has 6 nitrogen and oxygen atoms in total. The molecule has 4 rings (SSSR count). The topological polar surface area (TPSA) is 66.9 Å². The van der Waals surface area contributed by atoms with Crippen molar-refractivity contribution in [2.24, 2.45) is 0 Å². The third-order valence-corrected chi connectivity index (χ3v) is 8.45. The number of methoxy groups -OCH3 is 1. The number of carbonyl (C=O) groups is 1. The maximum Gasteiger partial charge on any atom is 0.309 e. The van der Waals surface area contributed by atoms with Gasteiger partial charge in [-0.15, -0.1) is 0 Å². The Hall–Kier alpha value is -2.71. The highest BCUT2D eigenvalue weighted by Crippen LogP contribution is 2.28. The van der Waals surface area contributed by atoms with Crippen molar-refractivity contribution < 1.29 is 17.9 Å². The van der Waals surface area contributed by atoms with E-state index in [4.69, 9.17) is 16.3 Å². The molecule has 3 aromatic rings. The molecule has 35 heavy (non-hydrogen) atoms. The number of rotatable bonds is 7. The zero-order chi connectivity index (χ0) is 25.0. The molecule has 0 aromatic heterocycles. The summed E-state index contributed by atoms with van der Waals surface area (Å²) in [7, 11) is -2.13. The highest BCUT2D eigenvalue weighted by atomic mass is 35.5. The molecule has 3 aromatic carbocycles. The van der Waals surface area contributed by atoms with Crippen molar-refractivity contribution >= 4 is 27.6 Å². The number of aryl methyl sites for hydroxylation is 1. The van der Waals surface area contributed by atoms with Crippen molar-refractivity contribution in [1.29, 1.82) is 0 Å². The maximum atomic E-state index is 13.1. The second kappa shape index (κ2) is 10.9. The summed E-state index contributed by atoms with van der Waals surface area (Å²) in [5.41, 5.74) is 5.08. The minimum absolute atomic E-state index is 0.201. The molecule has 184 valence electrons. The zero-order valence-electron chi connectivity index (χ0n) is 19.9. The summed E-state index contributed by atoms with van der Waals surface area (Å²) in [5, 5.41) is 0.670. The molecule has 0 bridgehead atoms. The molecule has 1 heterocycles. The van der Waals surface area contributed by atoms with Gasteiger partial charge in [-0.2, -0.15) is 4.31 Å². The van der Waals surface area contributed by atoms with Crippen molar-refractivity contribution in [3.8, 4) is 11.1 Å². The van der Waals surface area contributed by atoms with Crippen LogP contribution in [0.15, 0.2) is 71.6 Å². The van der Waals surface area contributed by atoms with Gasteiger partial charge in [-0.3, -0.25) is 9.69 Å². The van der Waals surface area contributed by atoms with Gasteiger partial charge in [0.05, 0.1) is 18.4 Å². The van der Waals surface area contributed by atoms with E-state index in [2.05, 4.69) is 4.90 Å². The monoisotopic (exact) mass is 512 g/mol. The summed E-state index contributed by atoms with van der Waals surface area (Å²) in [6.07, 6.45) is 0.201.